The molecule has 108 valence electrons. The monoisotopic (exact) mass is 276 g/mol. The molecular formula is C14H20N4O2. The van der Waals surface area contributed by atoms with Crippen molar-refractivity contribution in [3.63, 3.8) is 0 Å². The zero-order chi connectivity index (χ0) is 13.9. The molecule has 0 spiro atoms. The summed E-state index contributed by atoms with van der Waals surface area (Å²) >= 11 is 0. The highest BCUT2D eigenvalue weighted by Crippen LogP contribution is 2.19. The van der Waals surface area contributed by atoms with Gasteiger partial charge in [-0.2, -0.15) is 0 Å². The van der Waals surface area contributed by atoms with E-state index in [2.05, 4.69) is 14.9 Å². The standard InChI is InChI=1S/C14H20N4O2/c1-11-15-12(14(19)18-6-8-20-9-7-18)10-13(16-11)17-4-2-3-5-17/h10H,2-9H2,1H3. The summed E-state index contributed by atoms with van der Waals surface area (Å²) in [5, 5.41) is 0. The fourth-order valence-corrected chi connectivity index (χ4v) is 2.70. The van der Waals surface area contributed by atoms with Crippen molar-refractivity contribution in [1.29, 1.82) is 0 Å². The summed E-state index contributed by atoms with van der Waals surface area (Å²) in [5.74, 6) is 1.52. The van der Waals surface area contributed by atoms with Crippen LogP contribution in [0.25, 0.3) is 0 Å². The second-order valence-electron chi connectivity index (χ2n) is 5.26. The molecule has 1 amide bonds. The van der Waals surface area contributed by atoms with Crippen LogP contribution in [0.15, 0.2) is 6.07 Å². The fourth-order valence-electron chi connectivity index (χ4n) is 2.70. The number of ether oxygens (including phenoxy) is 1. The lowest BCUT2D eigenvalue weighted by molar-refractivity contribution is 0.0299. The zero-order valence-corrected chi connectivity index (χ0v) is 11.8. The normalized spacial score (nSPS) is 19.4. The molecule has 6 nitrogen and oxygen atoms in total. The van der Waals surface area contributed by atoms with Gasteiger partial charge in [-0.15, -0.1) is 0 Å². The highest BCUT2D eigenvalue weighted by molar-refractivity contribution is 5.93. The molecule has 3 rings (SSSR count). The quantitative estimate of drug-likeness (QED) is 0.802. The first-order valence-electron chi connectivity index (χ1n) is 7.22. The highest BCUT2D eigenvalue weighted by atomic mass is 16.5. The molecule has 2 saturated heterocycles. The van der Waals surface area contributed by atoms with Gasteiger partial charge in [0.15, 0.2) is 0 Å². The van der Waals surface area contributed by atoms with E-state index in [0.717, 1.165) is 18.9 Å². The van der Waals surface area contributed by atoms with Gasteiger partial charge in [0.1, 0.15) is 17.3 Å². The van der Waals surface area contributed by atoms with Gasteiger partial charge in [-0.25, -0.2) is 9.97 Å². The van der Waals surface area contributed by atoms with Gasteiger partial charge in [-0.1, -0.05) is 0 Å². The molecule has 0 N–H and O–H groups in total. The SMILES string of the molecule is Cc1nc(C(=O)N2CCOCC2)cc(N2CCCC2)n1. The molecule has 20 heavy (non-hydrogen) atoms. The summed E-state index contributed by atoms with van der Waals surface area (Å²) in [6.07, 6.45) is 2.38. The van der Waals surface area contributed by atoms with Crippen molar-refractivity contribution in [2.24, 2.45) is 0 Å². The molecule has 0 atom stereocenters. The van der Waals surface area contributed by atoms with Gasteiger partial charge in [0.05, 0.1) is 13.2 Å². The van der Waals surface area contributed by atoms with Crippen LogP contribution in [-0.4, -0.2) is 60.2 Å². The molecule has 2 aliphatic heterocycles. The van der Waals surface area contributed by atoms with E-state index in [1.165, 1.54) is 12.8 Å². The Labute approximate surface area is 118 Å². The summed E-state index contributed by atoms with van der Waals surface area (Å²) in [4.78, 5) is 25.3. The minimum atomic E-state index is -0.0146. The average molecular weight is 276 g/mol. The maximum absolute atomic E-state index is 12.5. The van der Waals surface area contributed by atoms with Crippen molar-refractivity contribution in [2.45, 2.75) is 19.8 Å². The number of hydrogen-bond donors (Lipinski definition) is 0. The van der Waals surface area contributed by atoms with Crippen molar-refractivity contribution >= 4 is 11.7 Å². The molecule has 0 unspecified atom stereocenters. The topological polar surface area (TPSA) is 58.6 Å². The third kappa shape index (κ3) is 2.75. The largest absolute Gasteiger partial charge is 0.378 e. The van der Waals surface area contributed by atoms with Crippen molar-refractivity contribution in [1.82, 2.24) is 14.9 Å². The van der Waals surface area contributed by atoms with Crippen LogP contribution < -0.4 is 4.90 Å². The van der Waals surface area contributed by atoms with E-state index >= 15 is 0 Å². The predicted octanol–water partition coefficient (Wildman–Crippen LogP) is 0.858. The molecule has 1 aromatic heterocycles. The first kappa shape index (κ1) is 13.3. The summed E-state index contributed by atoms with van der Waals surface area (Å²) in [6, 6.07) is 1.83. The van der Waals surface area contributed by atoms with Crippen molar-refractivity contribution in [3.05, 3.63) is 17.6 Å². The number of morpholine rings is 1. The maximum Gasteiger partial charge on any atom is 0.272 e. The van der Waals surface area contributed by atoms with Crippen LogP contribution in [0, 0.1) is 6.92 Å². The van der Waals surface area contributed by atoms with Crippen LogP contribution in [0.1, 0.15) is 29.2 Å². The van der Waals surface area contributed by atoms with Crippen molar-refractivity contribution in [2.75, 3.05) is 44.3 Å². The Morgan fingerprint density at radius 3 is 2.55 bits per heavy atom. The van der Waals surface area contributed by atoms with E-state index in [-0.39, 0.29) is 5.91 Å². The Bertz CT molecular complexity index is 494. The highest BCUT2D eigenvalue weighted by Gasteiger charge is 2.22. The van der Waals surface area contributed by atoms with Crippen LogP contribution >= 0.6 is 0 Å². The Morgan fingerprint density at radius 1 is 1.15 bits per heavy atom. The van der Waals surface area contributed by atoms with Gasteiger partial charge < -0.3 is 14.5 Å². The third-order valence-electron chi connectivity index (χ3n) is 3.77. The Kier molecular flexibility index (Phi) is 3.82. The first-order chi connectivity index (χ1) is 9.74. The average Bonchev–Trinajstić information content (AvgIpc) is 3.01. The smallest absolute Gasteiger partial charge is 0.272 e. The maximum atomic E-state index is 12.5. The van der Waals surface area contributed by atoms with Crippen LogP contribution in [0.3, 0.4) is 0 Å². The molecule has 2 aliphatic rings. The number of nitrogens with zero attached hydrogens (tertiary/aromatic N) is 4. The number of aromatic nitrogens is 2. The molecular weight excluding hydrogens is 256 g/mol. The lowest BCUT2D eigenvalue weighted by atomic mass is 10.3. The van der Waals surface area contributed by atoms with Gasteiger partial charge in [0.25, 0.3) is 5.91 Å². The van der Waals surface area contributed by atoms with Gasteiger partial charge in [-0.05, 0) is 19.8 Å². The molecule has 0 aliphatic carbocycles. The van der Waals surface area contributed by atoms with Gasteiger partial charge in [0, 0.05) is 32.2 Å². The summed E-state index contributed by atoms with van der Waals surface area (Å²) in [6.45, 7) is 6.37. The van der Waals surface area contributed by atoms with Crippen molar-refractivity contribution in [3.8, 4) is 0 Å². The zero-order valence-electron chi connectivity index (χ0n) is 11.8. The Hall–Kier alpha value is -1.69. The van der Waals surface area contributed by atoms with Gasteiger partial charge in [0.2, 0.25) is 0 Å². The molecule has 3 heterocycles. The minimum absolute atomic E-state index is 0.0146. The number of aryl methyl sites for hydroxylation is 1. The first-order valence-corrected chi connectivity index (χ1v) is 7.22. The third-order valence-corrected chi connectivity index (χ3v) is 3.77. The van der Waals surface area contributed by atoms with E-state index in [4.69, 9.17) is 4.74 Å². The van der Waals surface area contributed by atoms with Crippen molar-refractivity contribution < 1.29 is 9.53 Å². The molecule has 0 radical (unpaired) electrons. The van der Waals surface area contributed by atoms with Crippen LogP contribution in [0.5, 0.6) is 0 Å². The van der Waals surface area contributed by atoms with Crippen LogP contribution in [0.4, 0.5) is 5.82 Å². The predicted molar refractivity (Wildman–Crippen MR) is 74.9 cm³/mol. The number of carbonyl (C=O) groups is 1. The number of amides is 1. The summed E-state index contributed by atoms with van der Waals surface area (Å²) in [5.41, 5.74) is 0.501. The minimum Gasteiger partial charge on any atom is -0.378 e. The van der Waals surface area contributed by atoms with E-state index in [9.17, 15) is 4.79 Å². The number of anilines is 1. The van der Waals surface area contributed by atoms with E-state index in [1.807, 2.05) is 13.0 Å². The Balaban J connectivity index is 1.82. The second kappa shape index (κ2) is 5.75. The van der Waals surface area contributed by atoms with Gasteiger partial charge in [-0.3, -0.25) is 4.79 Å². The molecule has 0 aromatic carbocycles. The molecule has 0 bridgehead atoms. The fraction of sp³-hybridized carbons (Fsp3) is 0.643. The lowest BCUT2D eigenvalue weighted by Gasteiger charge is -2.27. The summed E-state index contributed by atoms with van der Waals surface area (Å²) in [7, 11) is 0. The van der Waals surface area contributed by atoms with Crippen LogP contribution in [-0.2, 0) is 4.74 Å². The van der Waals surface area contributed by atoms with E-state index in [1.54, 1.807) is 4.90 Å². The number of rotatable bonds is 2. The lowest BCUT2D eigenvalue weighted by Crippen LogP contribution is -2.41. The molecule has 1 aromatic rings. The Morgan fingerprint density at radius 2 is 1.85 bits per heavy atom. The summed E-state index contributed by atoms with van der Waals surface area (Å²) < 4.78 is 5.28. The van der Waals surface area contributed by atoms with E-state index < -0.39 is 0 Å². The molecule has 2 fully saturated rings. The number of carbonyl (C=O) groups excluding carboxylic acids is 1. The molecule has 0 saturated carbocycles. The number of hydrogen-bond acceptors (Lipinski definition) is 5. The van der Waals surface area contributed by atoms with E-state index in [0.29, 0.717) is 37.8 Å². The second-order valence-corrected chi connectivity index (χ2v) is 5.26. The van der Waals surface area contributed by atoms with Crippen LogP contribution in [0.2, 0.25) is 0 Å². The van der Waals surface area contributed by atoms with Gasteiger partial charge >= 0.3 is 0 Å². The molecule has 6 heteroatoms.